The molecular weight excluding hydrogens is 586 g/mol. The van der Waals surface area contributed by atoms with Crippen molar-refractivity contribution in [2.24, 2.45) is 5.10 Å². The molecule has 9 nitrogen and oxygen atoms in total. The van der Waals surface area contributed by atoms with Gasteiger partial charge in [-0.05, 0) is 87.9 Å². The summed E-state index contributed by atoms with van der Waals surface area (Å²) in [6.07, 6.45) is 1.41. The van der Waals surface area contributed by atoms with E-state index in [9.17, 15) is 18.0 Å². The molecule has 0 aliphatic rings. The molecule has 0 aliphatic heterocycles. The first-order chi connectivity index (χ1) is 18.3. The van der Waals surface area contributed by atoms with E-state index < -0.39 is 34.0 Å². The SMILES string of the molecule is Cc1ccc(S(=O)(=O)N(CC(=O)N/N=C/c2ccc(OCC(=O)OC(C)(C)C)cc2)c2cccc(Br)c2)cc1. The van der Waals surface area contributed by atoms with Crippen molar-refractivity contribution in [3.63, 3.8) is 0 Å². The highest BCUT2D eigenvalue weighted by atomic mass is 79.9. The van der Waals surface area contributed by atoms with Gasteiger partial charge in [-0.2, -0.15) is 5.10 Å². The average molecular weight is 617 g/mol. The van der Waals surface area contributed by atoms with Gasteiger partial charge in [-0.1, -0.05) is 39.7 Å². The van der Waals surface area contributed by atoms with Crippen molar-refractivity contribution >= 4 is 49.7 Å². The number of hydrogen-bond donors (Lipinski definition) is 1. The van der Waals surface area contributed by atoms with Gasteiger partial charge in [-0.15, -0.1) is 0 Å². The molecule has 3 aromatic rings. The van der Waals surface area contributed by atoms with E-state index in [1.807, 2.05) is 6.92 Å². The maximum absolute atomic E-state index is 13.4. The highest BCUT2D eigenvalue weighted by Gasteiger charge is 2.27. The number of hydrazone groups is 1. The third kappa shape index (κ3) is 9.22. The average Bonchev–Trinajstić information content (AvgIpc) is 2.86. The van der Waals surface area contributed by atoms with Gasteiger partial charge in [0.1, 0.15) is 17.9 Å². The highest BCUT2D eigenvalue weighted by molar-refractivity contribution is 9.10. The zero-order chi connectivity index (χ0) is 28.6. The molecule has 206 valence electrons. The number of aryl methyl sites for hydroxylation is 1. The van der Waals surface area contributed by atoms with Crippen LogP contribution in [0.4, 0.5) is 5.69 Å². The van der Waals surface area contributed by atoms with E-state index in [0.29, 0.717) is 21.5 Å². The van der Waals surface area contributed by atoms with Crippen LogP contribution in [-0.2, 0) is 24.3 Å². The molecule has 0 saturated heterocycles. The standard InChI is InChI=1S/C28H30BrN3O6S/c1-20-8-14-25(15-9-20)39(35,36)32(23-7-5-6-22(29)16-23)18-26(33)31-30-17-21-10-12-24(13-11-21)37-19-27(34)38-28(2,3)4/h5-17H,18-19H2,1-4H3,(H,31,33)/b30-17+. The van der Waals surface area contributed by atoms with Crippen LogP contribution in [0, 0.1) is 6.92 Å². The zero-order valence-electron chi connectivity index (χ0n) is 22.0. The molecule has 0 saturated carbocycles. The summed E-state index contributed by atoms with van der Waals surface area (Å²) < 4.78 is 39.2. The van der Waals surface area contributed by atoms with Gasteiger partial charge in [0.25, 0.3) is 15.9 Å². The maximum Gasteiger partial charge on any atom is 0.344 e. The second-order valence-corrected chi connectivity index (χ2v) is 12.3. The van der Waals surface area contributed by atoms with Gasteiger partial charge in [0.15, 0.2) is 6.61 Å². The quantitative estimate of drug-likeness (QED) is 0.199. The number of hydrogen-bond acceptors (Lipinski definition) is 7. The first kappa shape index (κ1) is 29.9. The minimum atomic E-state index is -4.03. The monoisotopic (exact) mass is 615 g/mol. The molecule has 0 heterocycles. The minimum Gasteiger partial charge on any atom is -0.482 e. The Labute approximate surface area is 237 Å². The summed E-state index contributed by atoms with van der Waals surface area (Å²) in [4.78, 5) is 24.6. The fourth-order valence-electron chi connectivity index (χ4n) is 3.29. The van der Waals surface area contributed by atoms with Crippen LogP contribution in [-0.4, -0.2) is 45.3 Å². The molecule has 1 amide bonds. The lowest BCUT2D eigenvalue weighted by molar-refractivity contribution is -0.157. The van der Waals surface area contributed by atoms with Gasteiger partial charge in [0.05, 0.1) is 16.8 Å². The maximum atomic E-state index is 13.4. The van der Waals surface area contributed by atoms with Crippen molar-refractivity contribution in [1.29, 1.82) is 0 Å². The molecule has 3 aromatic carbocycles. The number of rotatable bonds is 10. The predicted molar refractivity (Wildman–Crippen MR) is 153 cm³/mol. The van der Waals surface area contributed by atoms with Crippen LogP contribution in [0.2, 0.25) is 0 Å². The van der Waals surface area contributed by atoms with Crippen LogP contribution in [0.25, 0.3) is 0 Å². The Bertz CT molecular complexity index is 1430. The predicted octanol–water partition coefficient (Wildman–Crippen LogP) is 4.82. The number of carbonyl (C=O) groups is 2. The number of ether oxygens (including phenoxy) is 2. The number of nitrogens with one attached hydrogen (secondary N) is 1. The third-order valence-corrected chi connectivity index (χ3v) is 7.33. The molecule has 0 fully saturated rings. The van der Waals surface area contributed by atoms with Crippen molar-refractivity contribution in [3.05, 3.63) is 88.4 Å². The van der Waals surface area contributed by atoms with Crippen molar-refractivity contribution in [3.8, 4) is 5.75 Å². The van der Waals surface area contributed by atoms with Crippen LogP contribution in [0.1, 0.15) is 31.9 Å². The van der Waals surface area contributed by atoms with Crippen molar-refractivity contribution in [2.45, 2.75) is 38.2 Å². The molecule has 1 N–H and O–H groups in total. The molecular formula is C28H30BrN3O6S. The summed E-state index contributed by atoms with van der Waals surface area (Å²) in [6.45, 7) is 6.48. The van der Waals surface area contributed by atoms with Crippen LogP contribution < -0.4 is 14.5 Å². The van der Waals surface area contributed by atoms with Gasteiger partial charge in [-0.25, -0.2) is 18.6 Å². The number of nitrogens with zero attached hydrogens (tertiary/aromatic N) is 2. The Morgan fingerprint density at radius 2 is 1.69 bits per heavy atom. The summed E-state index contributed by atoms with van der Waals surface area (Å²) in [6, 6.07) is 19.8. The van der Waals surface area contributed by atoms with Crippen LogP contribution in [0.5, 0.6) is 5.75 Å². The molecule has 0 unspecified atom stereocenters. The van der Waals surface area contributed by atoms with E-state index in [-0.39, 0.29) is 11.5 Å². The summed E-state index contributed by atoms with van der Waals surface area (Å²) in [7, 11) is -4.03. The van der Waals surface area contributed by atoms with Crippen LogP contribution in [0.3, 0.4) is 0 Å². The van der Waals surface area contributed by atoms with E-state index in [1.54, 1.807) is 81.4 Å². The third-order valence-electron chi connectivity index (χ3n) is 5.05. The number of amides is 1. The summed E-state index contributed by atoms with van der Waals surface area (Å²) >= 11 is 3.35. The Morgan fingerprint density at radius 1 is 1.03 bits per heavy atom. The van der Waals surface area contributed by atoms with E-state index in [1.165, 1.54) is 18.3 Å². The highest BCUT2D eigenvalue weighted by Crippen LogP contribution is 2.26. The molecule has 11 heteroatoms. The molecule has 3 rings (SSSR count). The van der Waals surface area contributed by atoms with Gasteiger partial charge < -0.3 is 9.47 Å². The fraction of sp³-hybridized carbons (Fsp3) is 0.250. The van der Waals surface area contributed by atoms with E-state index >= 15 is 0 Å². The van der Waals surface area contributed by atoms with Gasteiger partial charge in [0, 0.05) is 4.47 Å². The molecule has 0 aromatic heterocycles. The second kappa shape index (κ2) is 12.9. The van der Waals surface area contributed by atoms with Crippen molar-refractivity contribution < 1.29 is 27.5 Å². The fourth-order valence-corrected chi connectivity index (χ4v) is 5.09. The van der Waals surface area contributed by atoms with Crippen molar-refractivity contribution in [1.82, 2.24) is 5.43 Å². The number of halogens is 1. The van der Waals surface area contributed by atoms with Crippen molar-refractivity contribution in [2.75, 3.05) is 17.5 Å². The number of sulfonamides is 1. The van der Waals surface area contributed by atoms with E-state index in [0.717, 1.165) is 9.87 Å². The van der Waals surface area contributed by atoms with Crippen LogP contribution in [0.15, 0.2) is 87.3 Å². The topological polar surface area (TPSA) is 114 Å². The molecule has 0 bridgehead atoms. The minimum absolute atomic E-state index is 0.0679. The van der Waals surface area contributed by atoms with E-state index in [4.69, 9.17) is 9.47 Å². The Morgan fingerprint density at radius 3 is 2.31 bits per heavy atom. The molecule has 39 heavy (non-hydrogen) atoms. The molecule has 0 atom stereocenters. The Balaban J connectivity index is 1.65. The van der Waals surface area contributed by atoms with Gasteiger partial charge >= 0.3 is 5.97 Å². The Kier molecular flexibility index (Phi) is 9.87. The molecule has 0 radical (unpaired) electrons. The summed E-state index contributed by atoms with van der Waals surface area (Å²) in [5, 5.41) is 3.95. The number of anilines is 1. The number of benzene rings is 3. The largest absolute Gasteiger partial charge is 0.482 e. The van der Waals surface area contributed by atoms with Crippen LogP contribution >= 0.6 is 15.9 Å². The number of esters is 1. The lowest BCUT2D eigenvalue weighted by Crippen LogP contribution is -2.39. The smallest absolute Gasteiger partial charge is 0.344 e. The lowest BCUT2D eigenvalue weighted by Gasteiger charge is -2.24. The first-order valence-electron chi connectivity index (χ1n) is 11.9. The summed E-state index contributed by atoms with van der Waals surface area (Å²) in [5.74, 6) is -0.635. The molecule has 0 spiro atoms. The normalized spacial score (nSPS) is 11.7. The first-order valence-corrected chi connectivity index (χ1v) is 14.2. The number of carbonyl (C=O) groups excluding carboxylic acids is 2. The van der Waals surface area contributed by atoms with Gasteiger partial charge in [0.2, 0.25) is 0 Å². The molecule has 0 aliphatic carbocycles. The summed E-state index contributed by atoms with van der Waals surface area (Å²) in [5.41, 5.74) is 3.67. The lowest BCUT2D eigenvalue weighted by atomic mass is 10.2. The van der Waals surface area contributed by atoms with E-state index in [2.05, 4.69) is 26.5 Å². The Hall–Kier alpha value is -3.70. The zero-order valence-corrected chi connectivity index (χ0v) is 24.5. The second-order valence-electron chi connectivity index (χ2n) is 9.54. The van der Waals surface area contributed by atoms with Gasteiger partial charge in [-0.3, -0.25) is 9.10 Å².